The number of carbonyl (C=O) groups is 4. The van der Waals surface area contributed by atoms with Gasteiger partial charge in [0.1, 0.15) is 12.8 Å². The van der Waals surface area contributed by atoms with E-state index >= 15 is 0 Å². The summed E-state index contributed by atoms with van der Waals surface area (Å²) in [6.45, 7) is -0.110. The average Bonchev–Trinajstić information content (AvgIpc) is 2.91. The van der Waals surface area contributed by atoms with Gasteiger partial charge in [-0.25, -0.2) is 0 Å². The highest BCUT2D eigenvalue weighted by Gasteiger charge is 2.29. The molecule has 9 heteroatoms. The Morgan fingerprint density at radius 2 is 1.96 bits per heavy atom. The lowest BCUT2D eigenvalue weighted by molar-refractivity contribution is -0.137. The Hall–Kier alpha value is -3.23. The van der Waals surface area contributed by atoms with Crippen LogP contribution in [-0.2, 0) is 16.1 Å². The second-order valence-corrected chi connectivity index (χ2v) is 6.26. The van der Waals surface area contributed by atoms with Gasteiger partial charge in [-0.15, -0.1) is 0 Å². The van der Waals surface area contributed by atoms with E-state index in [1.165, 1.54) is 21.7 Å². The monoisotopic (exact) mass is 357 g/mol. The number of nitrogens with zero attached hydrogens (tertiary/aromatic N) is 3. The van der Waals surface area contributed by atoms with Gasteiger partial charge in [0.25, 0.3) is 5.91 Å². The second-order valence-electron chi connectivity index (χ2n) is 6.26. The highest BCUT2D eigenvalue weighted by atomic mass is 16.2. The molecule has 0 unspecified atom stereocenters. The van der Waals surface area contributed by atoms with E-state index in [4.69, 9.17) is 11.5 Å². The van der Waals surface area contributed by atoms with Crippen molar-refractivity contribution in [1.82, 2.24) is 14.7 Å². The molecular formula is C17H19N5O4. The standard InChI is InChI=1S/C17H19N5O4/c18-16(25)10-4-5-13-12(8-10)15(17(19)26)20-22(13)9-14(24)21(6-7-23)11-2-1-3-11/h4-5,7-8,11H,1-3,6,9H2,(H2,18,25)(H2,19,26). The first-order chi connectivity index (χ1) is 12.4. The number of hydrogen-bond donors (Lipinski definition) is 2. The van der Waals surface area contributed by atoms with Crippen LogP contribution in [0.4, 0.5) is 0 Å². The molecule has 1 heterocycles. The Bertz CT molecular complexity index is 900. The van der Waals surface area contributed by atoms with Gasteiger partial charge in [0, 0.05) is 17.0 Å². The SMILES string of the molecule is NC(=O)c1ccc2c(c1)c(C(N)=O)nn2CC(=O)N(CC=O)C1CCC1. The van der Waals surface area contributed by atoms with Crippen molar-refractivity contribution in [2.75, 3.05) is 6.54 Å². The third-order valence-electron chi connectivity index (χ3n) is 4.66. The predicted molar refractivity (Wildman–Crippen MR) is 92.2 cm³/mol. The molecule has 9 nitrogen and oxygen atoms in total. The molecule has 0 saturated heterocycles. The summed E-state index contributed by atoms with van der Waals surface area (Å²) >= 11 is 0. The van der Waals surface area contributed by atoms with Crippen LogP contribution >= 0.6 is 0 Å². The lowest BCUT2D eigenvalue weighted by Gasteiger charge is -2.36. The fourth-order valence-electron chi connectivity index (χ4n) is 3.09. The molecule has 3 amide bonds. The van der Waals surface area contributed by atoms with Crippen LogP contribution in [0.15, 0.2) is 18.2 Å². The van der Waals surface area contributed by atoms with Gasteiger partial charge in [-0.2, -0.15) is 5.10 Å². The molecule has 1 aromatic heterocycles. The zero-order valence-corrected chi connectivity index (χ0v) is 14.1. The molecule has 1 aliphatic rings. The highest BCUT2D eigenvalue weighted by Crippen LogP contribution is 2.25. The maximum absolute atomic E-state index is 12.7. The molecule has 136 valence electrons. The number of aldehydes is 1. The lowest BCUT2D eigenvalue weighted by atomic mass is 9.91. The summed E-state index contributed by atoms with van der Waals surface area (Å²) in [5.41, 5.74) is 11.3. The number of aromatic nitrogens is 2. The van der Waals surface area contributed by atoms with Gasteiger partial charge in [-0.3, -0.25) is 19.1 Å². The van der Waals surface area contributed by atoms with E-state index < -0.39 is 11.8 Å². The number of amides is 3. The Kier molecular flexibility index (Phi) is 4.70. The van der Waals surface area contributed by atoms with Gasteiger partial charge in [0.15, 0.2) is 5.69 Å². The molecule has 1 fully saturated rings. The molecule has 1 aliphatic carbocycles. The van der Waals surface area contributed by atoms with Crippen LogP contribution in [0.1, 0.15) is 40.1 Å². The highest BCUT2D eigenvalue weighted by molar-refractivity contribution is 6.06. The number of benzene rings is 1. The van der Waals surface area contributed by atoms with Crippen LogP contribution in [-0.4, -0.2) is 51.3 Å². The van der Waals surface area contributed by atoms with Crippen LogP contribution in [0.3, 0.4) is 0 Å². The molecule has 1 saturated carbocycles. The van der Waals surface area contributed by atoms with Crippen LogP contribution in [0, 0.1) is 0 Å². The van der Waals surface area contributed by atoms with Crippen molar-refractivity contribution in [3.8, 4) is 0 Å². The van der Waals surface area contributed by atoms with Crippen molar-refractivity contribution in [2.24, 2.45) is 11.5 Å². The first kappa shape index (κ1) is 17.6. The molecule has 0 atom stereocenters. The predicted octanol–water partition coefficient (Wildman–Crippen LogP) is -0.186. The maximum Gasteiger partial charge on any atom is 0.269 e. The van der Waals surface area contributed by atoms with Crippen molar-refractivity contribution in [3.05, 3.63) is 29.5 Å². The first-order valence-electron chi connectivity index (χ1n) is 8.25. The summed E-state index contributed by atoms with van der Waals surface area (Å²) < 4.78 is 1.36. The average molecular weight is 357 g/mol. The van der Waals surface area contributed by atoms with Crippen LogP contribution < -0.4 is 11.5 Å². The van der Waals surface area contributed by atoms with E-state index in [1.807, 2.05) is 0 Å². The Morgan fingerprint density at radius 3 is 2.50 bits per heavy atom. The van der Waals surface area contributed by atoms with Crippen molar-refractivity contribution in [2.45, 2.75) is 31.8 Å². The van der Waals surface area contributed by atoms with Crippen LogP contribution in [0.25, 0.3) is 10.9 Å². The number of rotatable bonds is 7. The fourth-order valence-corrected chi connectivity index (χ4v) is 3.09. The van der Waals surface area contributed by atoms with Gasteiger partial charge >= 0.3 is 0 Å². The quantitative estimate of drug-likeness (QED) is 0.661. The summed E-state index contributed by atoms with van der Waals surface area (Å²) in [5.74, 6) is -1.68. The zero-order valence-electron chi connectivity index (χ0n) is 14.1. The molecule has 0 bridgehead atoms. The molecule has 26 heavy (non-hydrogen) atoms. The molecule has 4 N–H and O–H groups in total. The molecule has 2 aromatic rings. The Morgan fingerprint density at radius 1 is 1.23 bits per heavy atom. The molecule has 0 aliphatic heterocycles. The lowest BCUT2D eigenvalue weighted by Crippen LogP contribution is -2.46. The van der Waals surface area contributed by atoms with Gasteiger partial charge in [0.05, 0.1) is 12.1 Å². The fraction of sp³-hybridized carbons (Fsp3) is 0.353. The summed E-state index contributed by atoms with van der Waals surface area (Å²) in [6.07, 6.45) is 3.47. The zero-order chi connectivity index (χ0) is 18.8. The van der Waals surface area contributed by atoms with E-state index in [9.17, 15) is 19.2 Å². The van der Waals surface area contributed by atoms with Gasteiger partial charge < -0.3 is 21.2 Å². The van der Waals surface area contributed by atoms with E-state index in [1.54, 1.807) is 6.07 Å². The van der Waals surface area contributed by atoms with E-state index in [0.29, 0.717) is 17.2 Å². The smallest absolute Gasteiger partial charge is 0.269 e. The van der Waals surface area contributed by atoms with Crippen molar-refractivity contribution < 1.29 is 19.2 Å². The molecule has 0 radical (unpaired) electrons. The Labute approximate surface area is 148 Å². The maximum atomic E-state index is 12.7. The normalized spacial score (nSPS) is 14.0. The van der Waals surface area contributed by atoms with Gasteiger partial charge in [0.2, 0.25) is 11.8 Å². The minimum Gasteiger partial charge on any atom is -0.366 e. The van der Waals surface area contributed by atoms with Crippen molar-refractivity contribution in [1.29, 1.82) is 0 Å². The summed E-state index contributed by atoms with van der Waals surface area (Å²) in [7, 11) is 0. The largest absolute Gasteiger partial charge is 0.366 e. The minimum atomic E-state index is -0.772. The van der Waals surface area contributed by atoms with Crippen molar-refractivity contribution >= 4 is 34.9 Å². The van der Waals surface area contributed by atoms with E-state index in [2.05, 4.69) is 5.10 Å². The van der Waals surface area contributed by atoms with E-state index in [0.717, 1.165) is 19.3 Å². The van der Waals surface area contributed by atoms with Crippen LogP contribution in [0.2, 0.25) is 0 Å². The van der Waals surface area contributed by atoms with E-state index in [-0.39, 0.29) is 36.3 Å². The van der Waals surface area contributed by atoms with Gasteiger partial charge in [-0.1, -0.05) is 0 Å². The molecule has 0 spiro atoms. The van der Waals surface area contributed by atoms with Gasteiger partial charge in [-0.05, 0) is 37.5 Å². The molecular weight excluding hydrogens is 338 g/mol. The number of hydrogen-bond acceptors (Lipinski definition) is 5. The summed E-state index contributed by atoms with van der Waals surface area (Å²) in [6, 6.07) is 4.55. The number of fused-ring (bicyclic) bond motifs is 1. The third-order valence-corrected chi connectivity index (χ3v) is 4.66. The summed E-state index contributed by atoms with van der Waals surface area (Å²) in [5, 5.41) is 4.48. The molecule has 1 aromatic carbocycles. The summed E-state index contributed by atoms with van der Waals surface area (Å²) in [4.78, 5) is 48.1. The number of nitrogens with two attached hydrogens (primary N) is 2. The van der Waals surface area contributed by atoms with Crippen LogP contribution in [0.5, 0.6) is 0 Å². The third kappa shape index (κ3) is 3.15. The Balaban J connectivity index is 1.96. The molecule has 3 rings (SSSR count). The van der Waals surface area contributed by atoms with Crippen molar-refractivity contribution in [3.63, 3.8) is 0 Å². The number of carbonyl (C=O) groups excluding carboxylic acids is 4. The topological polar surface area (TPSA) is 141 Å². The minimum absolute atomic E-state index is 0.0250. The number of primary amides is 2. The first-order valence-corrected chi connectivity index (χ1v) is 8.25. The second kappa shape index (κ2) is 6.95.